The lowest BCUT2D eigenvalue weighted by Gasteiger charge is -2.16. The molecule has 0 atom stereocenters. The summed E-state index contributed by atoms with van der Waals surface area (Å²) in [6, 6.07) is 17.0. The van der Waals surface area contributed by atoms with Crippen LogP contribution < -0.4 is 5.32 Å². The van der Waals surface area contributed by atoms with Gasteiger partial charge in [0.2, 0.25) is 0 Å². The van der Waals surface area contributed by atoms with Gasteiger partial charge in [-0.1, -0.05) is 24.3 Å². The third kappa shape index (κ3) is 3.16. The second kappa shape index (κ2) is 6.70. The average molecular weight is 333 g/mol. The van der Waals surface area contributed by atoms with E-state index >= 15 is 0 Å². The van der Waals surface area contributed by atoms with Gasteiger partial charge >= 0.3 is 0 Å². The zero-order valence-electron chi connectivity index (χ0n) is 14.6. The maximum absolute atomic E-state index is 4.49. The third-order valence-corrected chi connectivity index (χ3v) is 4.61. The van der Waals surface area contributed by atoms with Crippen molar-refractivity contribution in [2.75, 3.05) is 27.2 Å². The van der Waals surface area contributed by atoms with Crippen LogP contribution in [0.2, 0.25) is 0 Å². The van der Waals surface area contributed by atoms with Crippen molar-refractivity contribution >= 4 is 21.8 Å². The van der Waals surface area contributed by atoms with Crippen molar-refractivity contribution < 1.29 is 0 Å². The third-order valence-electron chi connectivity index (χ3n) is 4.61. The smallest absolute Gasteiger partial charge is 0.116 e. The van der Waals surface area contributed by atoms with E-state index in [2.05, 4.69) is 62.8 Å². The van der Waals surface area contributed by atoms with Crippen LogP contribution in [0, 0.1) is 0 Å². The fourth-order valence-corrected chi connectivity index (χ4v) is 3.27. The Hall–Kier alpha value is -2.63. The standard InChI is InChI=1S/C20H23N5/c1-21-9-10-25(2)13-14-7-8-17-15(11-14)12-19(22-17)20-16-5-3-4-6-18(16)23-24-20/h3-8,11-12,21-22H,9-10,13H2,1-2H3,(H,23,24). The zero-order valence-corrected chi connectivity index (χ0v) is 14.6. The molecule has 2 aromatic carbocycles. The van der Waals surface area contributed by atoms with Crippen LogP contribution in [-0.4, -0.2) is 47.3 Å². The van der Waals surface area contributed by atoms with Gasteiger partial charge in [-0.05, 0) is 43.9 Å². The summed E-state index contributed by atoms with van der Waals surface area (Å²) in [5.41, 5.74) is 5.54. The molecule has 4 aromatic rings. The number of likely N-dealkylation sites (N-methyl/N-ethyl adjacent to an activating group) is 2. The van der Waals surface area contributed by atoms with Gasteiger partial charge in [0.05, 0.1) is 11.2 Å². The van der Waals surface area contributed by atoms with E-state index < -0.39 is 0 Å². The van der Waals surface area contributed by atoms with Gasteiger partial charge in [0.15, 0.2) is 0 Å². The number of rotatable bonds is 6. The molecule has 0 radical (unpaired) electrons. The monoisotopic (exact) mass is 333 g/mol. The Balaban J connectivity index is 1.64. The van der Waals surface area contributed by atoms with Crippen molar-refractivity contribution in [3.05, 3.63) is 54.1 Å². The molecule has 2 aromatic heterocycles. The first kappa shape index (κ1) is 15.9. The van der Waals surface area contributed by atoms with E-state index in [0.717, 1.165) is 47.4 Å². The second-order valence-electron chi connectivity index (χ2n) is 6.56. The molecule has 128 valence electrons. The highest BCUT2D eigenvalue weighted by Crippen LogP contribution is 2.29. The van der Waals surface area contributed by atoms with E-state index in [9.17, 15) is 0 Å². The van der Waals surface area contributed by atoms with Crippen LogP contribution in [0.3, 0.4) is 0 Å². The van der Waals surface area contributed by atoms with Gasteiger partial charge in [-0.3, -0.25) is 5.10 Å². The van der Waals surface area contributed by atoms with Gasteiger partial charge in [-0.15, -0.1) is 0 Å². The highest BCUT2D eigenvalue weighted by Gasteiger charge is 2.11. The van der Waals surface area contributed by atoms with Crippen molar-refractivity contribution in [2.24, 2.45) is 0 Å². The minimum atomic E-state index is 0.948. The fraction of sp³-hybridized carbons (Fsp3) is 0.250. The summed E-state index contributed by atoms with van der Waals surface area (Å²) < 4.78 is 0. The highest BCUT2D eigenvalue weighted by molar-refractivity contribution is 5.95. The molecule has 0 fully saturated rings. The first-order valence-electron chi connectivity index (χ1n) is 8.63. The Labute approximate surface area is 147 Å². The second-order valence-corrected chi connectivity index (χ2v) is 6.56. The van der Waals surface area contributed by atoms with Gasteiger partial charge < -0.3 is 15.2 Å². The molecule has 4 rings (SSSR count). The molecule has 0 aliphatic carbocycles. The molecule has 0 spiro atoms. The number of hydrogen-bond acceptors (Lipinski definition) is 3. The van der Waals surface area contributed by atoms with Crippen molar-refractivity contribution in [1.82, 2.24) is 25.4 Å². The van der Waals surface area contributed by atoms with E-state index in [4.69, 9.17) is 0 Å². The first-order valence-corrected chi connectivity index (χ1v) is 8.63. The van der Waals surface area contributed by atoms with Gasteiger partial charge in [-0.25, -0.2) is 0 Å². The molecule has 3 N–H and O–H groups in total. The normalized spacial score (nSPS) is 11.8. The number of aromatic amines is 2. The molecule has 25 heavy (non-hydrogen) atoms. The largest absolute Gasteiger partial charge is 0.353 e. The number of para-hydroxylation sites is 1. The summed E-state index contributed by atoms with van der Waals surface area (Å²) in [5.74, 6) is 0. The maximum Gasteiger partial charge on any atom is 0.116 e. The molecule has 2 heterocycles. The first-order chi connectivity index (χ1) is 12.2. The van der Waals surface area contributed by atoms with Crippen LogP contribution in [0.1, 0.15) is 5.56 Å². The highest BCUT2D eigenvalue weighted by atomic mass is 15.1. The summed E-state index contributed by atoms with van der Waals surface area (Å²) in [5, 5.41) is 13.2. The number of hydrogen-bond donors (Lipinski definition) is 3. The van der Waals surface area contributed by atoms with E-state index in [1.54, 1.807) is 0 Å². The predicted octanol–water partition coefficient (Wildman–Crippen LogP) is 3.36. The van der Waals surface area contributed by atoms with Crippen molar-refractivity contribution in [2.45, 2.75) is 6.54 Å². The number of fused-ring (bicyclic) bond motifs is 2. The Morgan fingerprint density at radius 1 is 1.08 bits per heavy atom. The summed E-state index contributed by atoms with van der Waals surface area (Å²) in [6.07, 6.45) is 0. The Bertz CT molecular complexity index is 998. The van der Waals surface area contributed by atoms with Crippen LogP contribution in [0.25, 0.3) is 33.2 Å². The van der Waals surface area contributed by atoms with Crippen molar-refractivity contribution in [3.8, 4) is 11.4 Å². The van der Waals surface area contributed by atoms with Gasteiger partial charge in [-0.2, -0.15) is 5.10 Å². The number of aromatic nitrogens is 3. The van der Waals surface area contributed by atoms with Crippen molar-refractivity contribution in [1.29, 1.82) is 0 Å². The number of nitrogens with zero attached hydrogens (tertiary/aromatic N) is 2. The maximum atomic E-state index is 4.49. The Morgan fingerprint density at radius 2 is 1.96 bits per heavy atom. The molecule has 5 nitrogen and oxygen atoms in total. The Morgan fingerprint density at radius 3 is 2.84 bits per heavy atom. The molecule has 0 aliphatic rings. The minimum absolute atomic E-state index is 0.948. The topological polar surface area (TPSA) is 59.7 Å². The molecule has 0 bridgehead atoms. The number of nitrogens with one attached hydrogen (secondary N) is 3. The van der Waals surface area contributed by atoms with Crippen LogP contribution in [0.4, 0.5) is 0 Å². The molecule has 0 amide bonds. The number of H-pyrrole nitrogens is 2. The number of benzene rings is 2. The lowest BCUT2D eigenvalue weighted by Crippen LogP contribution is -2.26. The lowest BCUT2D eigenvalue weighted by molar-refractivity contribution is 0.328. The summed E-state index contributed by atoms with van der Waals surface area (Å²) in [7, 11) is 4.14. The van der Waals surface area contributed by atoms with E-state index in [1.807, 2.05) is 25.2 Å². The average Bonchev–Trinajstić information content (AvgIpc) is 3.23. The van der Waals surface area contributed by atoms with E-state index in [0.29, 0.717) is 0 Å². The molecule has 0 aliphatic heterocycles. The molecule has 0 saturated heterocycles. The molecular formula is C20H23N5. The molecule has 0 saturated carbocycles. The van der Waals surface area contributed by atoms with Crippen molar-refractivity contribution in [3.63, 3.8) is 0 Å². The van der Waals surface area contributed by atoms with E-state index in [-0.39, 0.29) is 0 Å². The van der Waals surface area contributed by atoms with Gasteiger partial charge in [0.25, 0.3) is 0 Å². The summed E-state index contributed by atoms with van der Waals surface area (Å²) in [4.78, 5) is 5.82. The quantitative estimate of drug-likeness (QED) is 0.507. The summed E-state index contributed by atoms with van der Waals surface area (Å²) in [6.45, 7) is 2.98. The van der Waals surface area contributed by atoms with Gasteiger partial charge in [0, 0.05) is 35.9 Å². The van der Waals surface area contributed by atoms with Crippen LogP contribution in [-0.2, 0) is 6.54 Å². The van der Waals surface area contributed by atoms with Crippen LogP contribution >= 0.6 is 0 Å². The lowest BCUT2D eigenvalue weighted by atomic mass is 10.1. The summed E-state index contributed by atoms with van der Waals surface area (Å²) >= 11 is 0. The molecular weight excluding hydrogens is 310 g/mol. The molecule has 0 unspecified atom stereocenters. The minimum Gasteiger partial charge on any atom is -0.353 e. The van der Waals surface area contributed by atoms with Crippen LogP contribution in [0.5, 0.6) is 0 Å². The van der Waals surface area contributed by atoms with E-state index in [1.165, 1.54) is 10.9 Å². The zero-order chi connectivity index (χ0) is 17.2. The molecule has 5 heteroatoms. The SMILES string of the molecule is CNCCN(C)Cc1ccc2[nH]c(-c3n[nH]c4ccccc34)cc2c1. The van der Waals surface area contributed by atoms with Gasteiger partial charge in [0.1, 0.15) is 5.69 Å². The Kier molecular flexibility index (Phi) is 4.26. The fourth-order valence-electron chi connectivity index (χ4n) is 3.27. The van der Waals surface area contributed by atoms with Crippen LogP contribution in [0.15, 0.2) is 48.5 Å². The predicted molar refractivity (Wildman–Crippen MR) is 104 cm³/mol.